The van der Waals surface area contributed by atoms with Crippen molar-refractivity contribution in [1.29, 1.82) is 0 Å². The Morgan fingerprint density at radius 3 is 2.87 bits per heavy atom. The second-order valence-corrected chi connectivity index (χ2v) is 7.24. The summed E-state index contributed by atoms with van der Waals surface area (Å²) in [6, 6.07) is 5.25. The Hall–Kier alpha value is -3.79. The van der Waals surface area contributed by atoms with Crippen LogP contribution in [0.15, 0.2) is 43.0 Å². The number of amides is 1. The molecule has 0 saturated carbocycles. The average molecular weight is 420 g/mol. The number of nitrogen functional groups attached to an aromatic ring is 1. The van der Waals surface area contributed by atoms with Gasteiger partial charge in [0.25, 0.3) is 5.91 Å². The second kappa shape index (κ2) is 8.92. The van der Waals surface area contributed by atoms with Gasteiger partial charge in [0.2, 0.25) is 5.88 Å². The van der Waals surface area contributed by atoms with Crippen LogP contribution in [-0.2, 0) is 0 Å². The quantitative estimate of drug-likeness (QED) is 0.561. The number of carbonyl (C=O) groups excluding carboxylic acids is 1. The van der Waals surface area contributed by atoms with Crippen molar-refractivity contribution in [2.75, 3.05) is 36.1 Å². The zero-order valence-electron chi connectivity index (χ0n) is 17.2. The Morgan fingerprint density at radius 2 is 2.06 bits per heavy atom. The van der Waals surface area contributed by atoms with Gasteiger partial charge in [-0.3, -0.25) is 9.78 Å². The standard InChI is InChI=1S/C21H24N8O2/c1-31-21-19(25-8-9-26-21)15-5-4-14(23)18(27-15)20(30)28-16-11-24-7-6-17(16)29-10-2-3-13(22)12-29/h4-9,11,13H,2-3,10,12,22-23H2,1H3,(H,28,30)/t13-/m0/s1. The first-order valence-corrected chi connectivity index (χ1v) is 9.94. The van der Waals surface area contributed by atoms with E-state index in [9.17, 15) is 4.79 Å². The van der Waals surface area contributed by atoms with E-state index in [0.29, 0.717) is 23.0 Å². The van der Waals surface area contributed by atoms with Gasteiger partial charge in [-0.1, -0.05) is 0 Å². The number of carbonyl (C=O) groups is 1. The normalized spacial score (nSPS) is 16.1. The highest BCUT2D eigenvalue weighted by Gasteiger charge is 2.22. The number of hydrogen-bond acceptors (Lipinski definition) is 9. The van der Waals surface area contributed by atoms with E-state index < -0.39 is 5.91 Å². The number of methoxy groups -OCH3 is 1. The van der Waals surface area contributed by atoms with Crippen LogP contribution in [0.1, 0.15) is 23.3 Å². The van der Waals surface area contributed by atoms with E-state index in [-0.39, 0.29) is 17.4 Å². The van der Waals surface area contributed by atoms with Gasteiger partial charge in [-0.2, -0.15) is 0 Å². The lowest BCUT2D eigenvalue weighted by molar-refractivity contribution is 0.102. The molecule has 5 N–H and O–H groups in total. The van der Waals surface area contributed by atoms with E-state index in [2.05, 4.69) is 30.2 Å². The van der Waals surface area contributed by atoms with Crippen LogP contribution in [0.4, 0.5) is 17.1 Å². The van der Waals surface area contributed by atoms with Gasteiger partial charge >= 0.3 is 0 Å². The zero-order chi connectivity index (χ0) is 21.8. The summed E-state index contributed by atoms with van der Waals surface area (Å²) in [5.74, 6) is -0.139. The Bertz CT molecular complexity index is 1090. The first-order chi connectivity index (χ1) is 15.1. The molecule has 1 atom stereocenters. The number of rotatable bonds is 5. The number of nitrogens with zero attached hydrogens (tertiary/aromatic N) is 5. The SMILES string of the molecule is COc1nccnc1-c1ccc(N)c(C(=O)Nc2cnccc2N2CCC[C@H](N)C2)n1. The van der Waals surface area contributed by atoms with Crippen LogP contribution in [0, 0.1) is 0 Å². The topological polar surface area (TPSA) is 145 Å². The maximum Gasteiger partial charge on any atom is 0.276 e. The van der Waals surface area contributed by atoms with Crippen LogP contribution >= 0.6 is 0 Å². The van der Waals surface area contributed by atoms with E-state index in [1.807, 2.05) is 6.07 Å². The number of hydrogen-bond donors (Lipinski definition) is 3. The van der Waals surface area contributed by atoms with Crippen LogP contribution < -0.4 is 26.4 Å². The molecule has 4 rings (SSSR count). The molecule has 0 spiro atoms. The Kier molecular flexibility index (Phi) is 5.89. The van der Waals surface area contributed by atoms with E-state index in [1.165, 1.54) is 19.5 Å². The third-order valence-electron chi connectivity index (χ3n) is 5.09. The van der Waals surface area contributed by atoms with Crippen LogP contribution in [0.25, 0.3) is 11.4 Å². The summed E-state index contributed by atoms with van der Waals surface area (Å²) in [5.41, 5.74) is 14.8. The van der Waals surface area contributed by atoms with Gasteiger partial charge in [0.05, 0.1) is 36.1 Å². The minimum Gasteiger partial charge on any atom is -0.479 e. The molecular formula is C21H24N8O2. The van der Waals surface area contributed by atoms with Crippen molar-refractivity contribution in [2.45, 2.75) is 18.9 Å². The van der Waals surface area contributed by atoms with Gasteiger partial charge in [0.15, 0.2) is 11.4 Å². The average Bonchev–Trinajstić information content (AvgIpc) is 2.79. The molecular weight excluding hydrogens is 396 g/mol. The van der Waals surface area contributed by atoms with Crippen molar-refractivity contribution in [3.63, 3.8) is 0 Å². The number of piperidine rings is 1. The highest BCUT2D eigenvalue weighted by molar-refractivity contribution is 6.07. The smallest absolute Gasteiger partial charge is 0.276 e. The van der Waals surface area contributed by atoms with Crippen LogP contribution in [0.3, 0.4) is 0 Å². The molecule has 31 heavy (non-hydrogen) atoms. The third kappa shape index (κ3) is 4.38. The van der Waals surface area contributed by atoms with E-state index >= 15 is 0 Å². The van der Waals surface area contributed by atoms with Crippen molar-refractivity contribution in [3.05, 3.63) is 48.7 Å². The molecule has 10 heteroatoms. The monoisotopic (exact) mass is 420 g/mol. The molecule has 4 heterocycles. The van der Waals surface area contributed by atoms with E-state index in [4.69, 9.17) is 16.2 Å². The van der Waals surface area contributed by atoms with Crippen molar-refractivity contribution in [2.24, 2.45) is 5.73 Å². The first-order valence-electron chi connectivity index (χ1n) is 9.94. The molecule has 0 radical (unpaired) electrons. The molecule has 1 aliphatic heterocycles. The number of pyridine rings is 2. The molecule has 0 aliphatic carbocycles. The Balaban J connectivity index is 1.63. The third-order valence-corrected chi connectivity index (χ3v) is 5.09. The molecule has 3 aromatic heterocycles. The molecule has 0 unspecified atom stereocenters. The van der Waals surface area contributed by atoms with Gasteiger partial charge in [-0.15, -0.1) is 0 Å². The molecule has 0 bridgehead atoms. The van der Waals surface area contributed by atoms with Crippen LogP contribution in [0.2, 0.25) is 0 Å². The van der Waals surface area contributed by atoms with Gasteiger partial charge in [-0.25, -0.2) is 15.0 Å². The van der Waals surface area contributed by atoms with Gasteiger partial charge < -0.3 is 26.4 Å². The first kappa shape index (κ1) is 20.5. The lowest BCUT2D eigenvalue weighted by atomic mass is 10.1. The fraction of sp³-hybridized carbons (Fsp3) is 0.286. The largest absolute Gasteiger partial charge is 0.479 e. The summed E-state index contributed by atoms with van der Waals surface area (Å²) in [6.07, 6.45) is 8.33. The number of anilines is 3. The number of ether oxygens (including phenoxy) is 1. The molecule has 0 aromatic carbocycles. The minimum absolute atomic E-state index is 0.0790. The number of aromatic nitrogens is 4. The van der Waals surface area contributed by atoms with Crippen molar-refractivity contribution < 1.29 is 9.53 Å². The molecule has 1 saturated heterocycles. The Labute approximate surface area is 179 Å². The summed E-state index contributed by atoms with van der Waals surface area (Å²) >= 11 is 0. The maximum atomic E-state index is 13.1. The zero-order valence-corrected chi connectivity index (χ0v) is 17.2. The fourth-order valence-electron chi connectivity index (χ4n) is 3.60. The van der Waals surface area contributed by atoms with Gasteiger partial charge in [0, 0.05) is 37.7 Å². The highest BCUT2D eigenvalue weighted by Crippen LogP contribution is 2.29. The Morgan fingerprint density at radius 1 is 1.23 bits per heavy atom. The van der Waals surface area contributed by atoms with Gasteiger partial charge in [0.1, 0.15) is 0 Å². The van der Waals surface area contributed by atoms with Crippen molar-refractivity contribution >= 4 is 23.0 Å². The van der Waals surface area contributed by atoms with Crippen molar-refractivity contribution in [3.8, 4) is 17.3 Å². The molecule has 160 valence electrons. The molecule has 1 fully saturated rings. The fourth-order valence-corrected chi connectivity index (χ4v) is 3.60. The molecule has 1 aliphatic rings. The van der Waals surface area contributed by atoms with Crippen LogP contribution in [-0.4, -0.2) is 52.1 Å². The number of nitrogens with one attached hydrogen (secondary N) is 1. The molecule has 3 aromatic rings. The molecule has 10 nitrogen and oxygen atoms in total. The van der Waals surface area contributed by atoms with Gasteiger partial charge in [-0.05, 0) is 31.0 Å². The highest BCUT2D eigenvalue weighted by atomic mass is 16.5. The minimum atomic E-state index is -0.447. The summed E-state index contributed by atoms with van der Waals surface area (Å²) in [7, 11) is 1.49. The summed E-state index contributed by atoms with van der Waals surface area (Å²) < 4.78 is 5.25. The lowest BCUT2D eigenvalue weighted by Crippen LogP contribution is -2.43. The summed E-state index contributed by atoms with van der Waals surface area (Å²) in [6.45, 7) is 1.58. The van der Waals surface area contributed by atoms with Crippen molar-refractivity contribution in [1.82, 2.24) is 19.9 Å². The molecule has 1 amide bonds. The van der Waals surface area contributed by atoms with Crippen LogP contribution in [0.5, 0.6) is 5.88 Å². The van der Waals surface area contributed by atoms with E-state index in [1.54, 1.807) is 24.5 Å². The summed E-state index contributed by atoms with van der Waals surface area (Å²) in [5, 5.41) is 2.89. The maximum absolute atomic E-state index is 13.1. The predicted octanol–water partition coefficient (Wildman–Crippen LogP) is 1.70. The summed E-state index contributed by atoms with van der Waals surface area (Å²) in [4.78, 5) is 32.2. The predicted molar refractivity (Wildman–Crippen MR) is 118 cm³/mol. The second-order valence-electron chi connectivity index (χ2n) is 7.24. The lowest BCUT2D eigenvalue weighted by Gasteiger charge is -2.33. The van der Waals surface area contributed by atoms with E-state index in [0.717, 1.165) is 31.6 Å². The number of nitrogens with two attached hydrogens (primary N) is 2.